The number of nitrogen functional groups attached to an aromatic ring is 1. The molecule has 1 amide bonds. The number of primary amides is 1. The zero-order valence-corrected chi connectivity index (χ0v) is 12.3. The molecule has 4 N–H and O–H groups in total. The fourth-order valence-corrected chi connectivity index (χ4v) is 2.16. The number of nitrogens with two attached hydrogens (primary N) is 2. The van der Waals surface area contributed by atoms with Gasteiger partial charge >= 0.3 is 0 Å². The molecule has 0 bridgehead atoms. The van der Waals surface area contributed by atoms with Crippen LogP contribution in [0.5, 0.6) is 5.75 Å². The van der Waals surface area contributed by atoms with Crippen LogP contribution in [0.15, 0.2) is 24.3 Å². The third-order valence-corrected chi connectivity index (χ3v) is 3.07. The zero-order valence-electron chi connectivity index (χ0n) is 12.3. The van der Waals surface area contributed by atoms with Gasteiger partial charge < -0.3 is 16.2 Å². The van der Waals surface area contributed by atoms with Crippen LogP contribution in [0.1, 0.15) is 40.3 Å². The Morgan fingerprint density at radius 3 is 2.62 bits per heavy atom. The molecule has 6 heteroatoms. The summed E-state index contributed by atoms with van der Waals surface area (Å²) in [5.74, 6) is 0.183. The maximum atomic E-state index is 11.6. The number of nitrogens with zero attached hydrogens (tertiary/aromatic N) is 2. The van der Waals surface area contributed by atoms with Crippen molar-refractivity contribution in [1.29, 1.82) is 0 Å². The van der Waals surface area contributed by atoms with E-state index in [1.54, 1.807) is 13.8 Å². The maximum absolute atomic E-state index is 11.6. The summed E-state index contributed by atoms with van der Waals surface area (Å²) in [7, 11) is 0. The summed E-state index contributed by atoms with van der Waals surface area (Å²) in [4.78, 5) is 19.7. The highest BCUT2D eigenvalue weighted by molar-refractivity contribution is 5.95. The minimum absolute atomic E-state index is 0.0900. The number of ether oxygens (including phenoxy) is 1. The molecule has 1 aromatic carbocycles. The molecule has 2 aromatic rings. The lowest BCUT2D eigenvalue weighted by molar-refractivity contribution is 0.0993. The fraction of sp³-hybridized carbons (Fsp3) is 0.267. The van der Waals surface area contributed by atoms with Gasteiger partial charge in [-0.15, -0.1) is 0 Å². The number of amides is 1. The molecule has 2 rings (SSSR count). The average Bonchev–Trinajstić information content (AvgIpc) is 2.37. The molecule has 21 heavy (non-hydrogen) atoms. The van der Waals surface area contributed by atoms with Crippen LogP contribution in [0, 0.1) is 13.8 Å². The van der Waals surface area contributed by atoms with E-state index in [2.05, 4.69) is 9.97 Å². The highest BCUT2D eigenvalue weighted by Gasteiger charge is 2.21. The molecule has 6 nitrogen and oxygen atoms in total. The first kappa shape index (κ1) is 14.8. The summed E-state index contributed by atoms with van der Waals surface area (Å²) in [5.41, 5.74) is 13.2. The van der Waals surface area contributed by atoms with Crippen LogP contribution < -0.4 is 16.2 Å². The Bertz CT molecular complexity index is 685. The van der Waals surface area contributed by atoms with E-state index in [9.17, 15) is 4.79 Å². The number of carbonyl (C=O) groups is 1. The van der Waals surface area contributed by atoms with E-state index in [1.807, 2.05) is 31.2 Å². The molecular formula is C15H18N4O2. The van der Waals surface area contributed by atoms with Crippen LogP contribution in [0.25, 0.3) is 0 Å². The van der Waals surface area contributed by atoms with Gasteiger partial charge in [0.25, 0.3) is 5.91 Å². The summed E-state index contributed by atoms with van der Waals surface area (Å²) in [6.45, 7) is 5.43. The largest absolute Gasteiger partial charge is 0.484 e. The van der Waals surface area contributed by atoms with Crippen LogP contribution in [0.2, 0.25) is 0 Å². The van der Waals surface area contributed by atoms with E-state index in [0.717, 1.165) is 5.56 Å². The molecule has 0 aliphatic carbocycles. The molecule has 1 atom stereocenters. The molecule has 1 unspecified atom stereocenters. The lowest BCUT2D eigenvalue weighted by Gasteiger charge is -2.18. The molecule has 1 aromatic heterocycles. The lowest BCUT2D eigenvalue weighted by atomic mass is 10.1. The van der Waals surface area contributed by atoms with Gasteiger partial charge in [-0.25, -0.2) is 9.97 Å². The Morgan fingerprint density at radius 2 is 2.00 bits per heavy atom. The number of hydrogen-bond donors (Lipinski definition) is 2. The van der Waals surface area contributed by atoms with Crippen LogP contribution in [0.3, 0.4) is 0 Å². The van der Waals surface area contributed by atoms with E-state index < -0.39 is 12.0 Å². The molecule has 0 saturated carbocycles. The van der Waals surface area contributed by atoms with Gasteiger partial charge in [0.05, 0.1) is 17.0 Å². The van der Waals surface area contributed by atoms with Gasteiger partial charge in [0.1, 0.15) is 11.9 Å². The summed E-state index contributed by atoms with van der Waals surface area (Å²) in [6.07, 6.45) is -0.474. The molecule has 0 aliphatic heterocycles. The predicted octanol–water partition coefficient (Wildman–Crippen LogP) is 1.91. The van der Waals surface area contributed by atoms with Gasteiger partial charge in [-0.3, -0.25) is 4.79 Å². The first-order chi connectivity index (χ1) is 9.88. The first-order valence-corrected chi connectivity index (χ1v) is 6.55. The number of aryl methyl sites for hydroxylation is 2. The second-order valence-corrected chi connectivity index (χ2v) is 4.87. The number of anilines is 1. The van der Waals surface area contributed by atoms with Crippen LogP contribution in [-0.2, 0) is 0 Å². The second kappa shape index (κ2) is 5.78. The standard InChI is InChI=1S/C15H18N4O2/c1-8-5-4-6-11(7-8)21-10(3)13-12(14(16)20)9(2)18-15(17)19-13/h4-7,10H,1-3H3,(H2,16,20)(H2,17,18,19). The highest BCUT2D eigenvalue weighted by atomic mass is 16.5. The maximum Gasteiger partial charge on any atom is 0.252 e. The Labute approximate surface area is 123 Å². The topological polar surface area (TPSA) is 104 Å². The van der Waals surface area contributed by atoms with Crippen molar-refractivity contribution in [2.45, 2.75) is 26.9 Å². The third kappa shape index (κ3) is 3.28. The van der Waals surface area contributed by atoms with Gasteiger partial charge in [-0.2, -0.15) is 0 Å². The van der Waals surface area contributed by atoms with Crippen molar-refractivity contribution in [2.24, 2.45) is 5.73 Å². The van der Waals surface area contributed by atoms with Crippen molar-refractivity contribution in [3.05, 3.63) is 46.8 Å². The Balaban J connectivity index is 2.39. The summed E-state index contributed by atoms with van der Waals surface area (Å²) in [6, 6.07) is 7.61. The summed E-state index contributed by atoms with van der Waals surface area (Å²) >= 11 is 0. The number of hydrogen-bond acceptors (Lipinski definition) is 5. The number of aromatic nitrogens is 2. The van der Waals surface area contributed by atoms with Crippen molar-refractivity contribution in [2.75, 3.05) is 5.73 Å². The Hall–Kier alpha value is -2.63. The number of carbonyl (C=O) groups excluding carboxylic acids is 1. The summed E-state index contributed by atoms with van der Waals surface area (Å²) in [5, 5.41) is 0. The molecule has 0 spiro atoms. The summed E-state index contributed by atoms with van der Waals surface area (Å²) < 4.78 is 5.83. The molecule has 0 aliphatic rings. The molecular weight excluding hydrogens is 268 g/mol. The molecule has 1 heterocycles. The molecule has 110 valence electrons. The quantitative estimate of drug-likeness (QED) is 0.893. The normalized spacial score (nSPS) is 12.0. The van der Waals surface area contributed by atoms with Gasteiger partial charge in [-0.1, -0.05) is 12.1 Å². The molecule has 0 fully saturated rings. The minimum atomic E-state index is -0.595. The van der Waals surface area contributed by atoms with Gasteiger partial charge in [0, 0.05) is 0 Å². The van der Waals surface area contributed by atoms with Crippen LogP contribution >= 0.6 is 0 Å². The lowest BCUT2D eigenvalue weighted by Crippen LogP contribution is -2.21. The molecule has 0 saturated heterocycles. The van der Waals surface area contributed by atoms with Crippen molar-refractivity contribution in [1.82, 2.24) is 9.97 Å². The Kier molecular flexibility index (Phi) is 4.07. The first-order valence-electron chi connectivity index (χ1n) is 6.55. The monoisotopic (exact) mass is 286 g/mol. The van der Waals surface area contributed by atoms with E-state index in [4.69, 9.17) is 16.2 Å². The van der Waals surface area contributed by atoms with Gasteiger partial charge in [0.2, 0.25) is 5.95 Å². The molecule has 0 radical (unpaired) electrons. The van der Waals surface area contributed by atoms with Gasteiger partial charge in [-0.05, 0) is 38.5 Å². The van der Waals surface area contributed by atoms with E-state index in [-0.39, 0.29) is 11.5 Å². The zero-order chi connectivity index (χ0) is 15.6. The van der Waals surface area contributed by atoms with E-state index in [1.165, 1.54) is 0 Å². The Morgan fingerprint density at radius 1 is 1.29 bits per heavy atom. The highest BCUT2D eigenvalue weighted by Crippen LogP contribution is 2.25. The second-order valence-electron chi connectivity index (χ2n) is 4.87. The van der Waals surface area contributed by atoms with Crippen LogP contribution in [0.4, 0.5) is 5.95 Å². The van der Waals surface area contributed by atoms with Crippen molar-refractivity contribution in [3.8, 4) is 5.75 Å². The van der Waals surface area contributed by atoms with E-state index in [0.29, 0.717) is 17.1 Å². The predicted molar refractivity (Wildman–Crippen MR) is 79.9 cm³/mol. The average molecular weight is 286 g/mol. The van der Waals surface area contributed by atoms with Crippen molar-refractivity contribution >= 4 is 11.9 Å². The van der Waals surface area contributed by atoms with Crippen LogP contribution in [-0.4, -0.2) is 15.9 Å². The van der Waals surface area contributed by atoms with Crippen molar-refractivity contribution in [3.63, 3.8) is 0 Å². The minimum Gasteiger partial charge on any atom is -0.484 e. The SMILES string of the molecule is Cc1cccc(OC(C)c2nc(N)nc(C)c2C(N)=O)c1. The van der Waals surface area contributed by atoms with E-state index >= 15 is 0 Å². The fourth-order valence-electron chi connectivity index (χ4n) is 2.16. The number of rotatable bonds is 4. The van der Waals surface area contributed by atoms with Gasteiger partial charge in [0.15, 0.2) is 0 Å². The smallest absolute Gasteiger partial charge is 0.252 e. The number of benzene rings is 1. The third-order valence-electron chi connectivity index (χ3n) is 3.07. The van der Waals surface area contributed by atoms with Crippen molar-refractivity contribution < 1.29 is 9.53 Å².